The Hall–Kier alpha value is -0.603. The van der Waals surface area contributed by atoms with Gasteiger partial charge in [-0.2, -0.15) is 0 Å². The Morgan fingerprint density at radius 2 is 1.81 bits per heavy atom. The fourth-order valence-corrected chi connectivity index (χ4v) is 1.91. The Labute approximate surface area is 103 Å². The Kier molecular flexibility index (Phi) is 5.78. The fraction of sp³-hybridized carbons (Fsp3) is 0.571. The van der Waals surface area contributed by atoms with E-state index in [9.17, 15) is 0 Å². The van der Waals surface area contributed by atoms with Gasteiger partial charge < -0.3 is 4.74 Å². The van der Waals surface area contributed by atoms with Crippen molar-refractivity contribution in [1.29, 1.82) is 0 Å². The minimum Gasteiger partial charge on any atom is -0.375 e. The quantitative estimate of drug-likeness (QED) is 0.516. The summed E-state index contributed by atoms with van der Waals surface area (Å²) in [6, 6.07) is 10.3. The van der Waals surface area contributed by atoms with Crippen LogP contribution in [0.3, 0.4) is 0 Å². The highest BCUT2D eigenvalue weighted by Crippen LogP contribution is 2.21. The van der Waals surface area contributed by atoms with E-state index in [0.29, 0.717) is 0 Å². The summed E-state index contributed by atoms with van der Waals surface area (Å²) in [5.74, 6) is 0. The standard InChI is InChI=1S/C14H21OSi/c1-3-4-5-9-12-15-14(2,16)13-10-7-6-8-11-13/h6-8,10-11H,3-5,9,12H2,1-2H3. The topological polar surface area (TPSA) is 9.23 Å². The minimum atomic E-state index is -0.354. The highest BCUT2D eigenvalue weighted by Gasteiger charge is 2.20. The molecule has 0 saturated carbocycles. The van der Waals surface area contributed by atoms with E-state index in [-0.39, 0.29) is 5.22 Å². The summed E-state index contributed by atoms with van der Waals surface area (Å²) in [6.45, 7) is 5.09. The molecule has 0 spiro atoms. The van der Waals surface area contributed by atoms with Crippen molar-refractivity contribution in [3.63, 3.8) is 0 Å². The van der Waals surface area contributed by atoms with Crippen molar-refractivity contribution in [2.75, 3.05) is 6.61 Å². The second-order valence-corrected chi connectivity index (χ2v) is 5.26. The Morgan fingerprint density at radius 1 is 1.12 bits per heavy atom. The van der Waals surface area contributed by atoms with Crippen LogP contribution in [-0.4, -0.2) is 16.8 Å². The van der Waals surface area contributed by atoms with Gasteiger partial charge in [0.05, 0.1) is 15.5 Å². The van der Waals surface area contributed by atoms with E-state index in [2.05, 4.69) is 36.2 Å². The molecule has 1 unspecified atom stereocenters. The zero-order valence-electron chi connectivity index (χ0n) is 10.3. The summed E-state index contributed by atoms with van der Waals surface area (Å²) in [7, 11) is 3.69. The van der Waals surface area contributed by atoms with Crippen LogP contribution >= 0.6 is 0 Å². The lowest BCUT2D eigenvalue weighted by molar-refractivity contribution is 0.0271. The van der Waals surface area contributed by atoms with Gasteiger partial charge >= 0.3 is 0 Å². The SMILES string of the molecule is CCCCCCOC(C)([Si])c1ccccc1. The predicted octanol–water partition coefficient (Wildman–Crippen LogP) is 3.62. The van der Waals surface area contributed by atoms with Crippen LogP contribution in [0.5, 0.6) is 0 Å². The lowest BCUT2D eigenvalue weighted by Crippen LogP contribution is -2.26. The maximum Gasteiger partial charge on any atom is 0.0769 e. The molecule has 0 bridgehead atoms. The number of ether oxygens (including phenoxy) is 1. The van der Waals surface area contributed by atoms with Gasteiger partial charge in [-0.3, -0.25) is 0 Å². The Balaban J connectivity index is 2.35. The van der Waals surface area contributed by atoms with Crippen LogP contribution in [0, 0.1) is 0 Å². The van der Waals surface area contributed by atoms with Gasteiger partial charge in [0.2, 0.25) is 0 Å². The predicted molar refractivity (Wildman–Crippen MR) is 69.6 cm³/mol. The third-order valence-corrected chi connectivity index (χ3v) is 3.15. The molecule has 87 valence electrons. The third-order valence-electron chi connectivity index (χ3n) is 2.71. The van der Waals surface area contributed by atoms with Crippen LogP contribution in [0.2, 0.25) is 0 Å². The number of rotatable bonds is 7. The van der Waals surface area contributed by atoms with Gasteiger partial charge in [0.1, 0.15) is 0 Å². The second kappa shape index (κ2) is 6.87. The molecule has 0 aliphatic carbocycles. The average molecular weight is 233 g/mol. The zero-order valence-corrected chi connectivity index (χ0v) is 11.3. The molecule has 1 nitrogen and oxygen atoms in total. The highest BCUT2D eigenvalue weighted by atomic mass is 28.1. The normalized spacial score (nSPS) is 14.7. The van der Waals surface area contributed by atoms with Gasteiger partial charge in [0.15, 0.2) is 0 Å². The van der Waals surface area contributed by atoms with Crippen molar-refractivity contribution in [3.8, 4) is 0 Å². The molecule has 0 N–H and O–H groups in total. The molecule has 0 heterocycles. The maximum atomic E-state index is 5.88. The molecule has 0 saturated heterocycles. The molecule has 1 aromatic rings. The van der Waals surface area contributed by atoms with Crippen molar-refractivity contribution >= 4 is 10.2 Å². The van der Waals surface area contributed by atoms with Crippen LogP contribution < -0.4 is 0 Å². The largest absolute Gasteiger partial charge is 0.375 e. The smallest absolute Gasteiger partial charge is 0.0769 e. The number of hydrogen-bond donors (Lipinski definition) is 0. The van der Waals surface area contributed by atoms with Gasteiger partial charge in [0, 0.05) is 6.61 Å². The van der Waals surface area contributed by atoms with Crippen LogP contribution in [0.4, 0.5) is 0 Å². The molecule has 1 atom stereocenters. The van der Waals surface area contributed by atoms with Gasteiger partial charge in [-0.15, -0.1) is 0 Å². The van der Waals surface area contributed by atoms with Crippen molar-refractivity contribution < 1.29 is 4.74 Å². The highest BCUT2D eigenvalue weighted by molar-refractivity contribution is 6.14. The Bertz CT molecular complexity index is 282. The van der Waals surface area contributed by atoms with E-state index in [1.165, 1.54) is 24.8 Å². The first-order valence-corrected chi connectivity index (χ1v) is 6.61. The van der Waals surface area contributed by atoms with Gasteiger partial charge in [-0.05, 0) is 18.9 Å². The molecule has 1 rings (SSSR count). The van der Waals surface area contributed by atoms with E-state index in [0.717, 1.165) is 13.0 Å². The van der Waals surface area contributed by atoms with Crippen molar-refractivity contribution in [3.05, 3.63) is 35.9 Å². The van der Waals surface area contributed by atoms with Crippen molar-refractivity contribution in [2.24, 2.45) is 0 Å². The molecule has 16 heavy (non-hydrogen) atoms. The lowest BCUT2D eigenvalue weighted by Gasteiger charge is -2.26. The molecule has 0 aliphatic rings. The molecule has 0 amide bonds. The zero-order chi connectivity index (χ0) is 11.9. The van der Waals surface area contributed by atoms with Crippen molar-refractivity contribution in [1.82, 2.24) is 0 Å². The number of unbranched alkanes of at least 4 members (excludes halogenated alkanes) is 3. The van der Waals surface area contributed by atoms with Crippen LogP contribution in [0.1, 0.15) is 45.1 Å². The van der Waals surface area contributed by atoms with Gasteiger partial charge in [-0.1, -0.05) is 56.5 Å². The molecular weight excluding hydrogens is 212 g/mol. The van der Waals surface area contributed by atoms with E-state index in [1.54, 1.807) is 0 Å². The monoisotopic (exact) mass is 233 g/mol. The second-order valence-electron chi connectivity index (χ2n) is 4.31. The van der Waals surface area contributed by atoms with Crippen molar-refractivity contribution in [2.45, 2.75) is 44.8 Å². The van der Waals surface area contributed by atoms with Gasteiger partial charge in [0.25, 0.3) is 0 Å². The van der Waals surface area contributed by atoms with Gasteiger partial charge in [-0.25, -0.2) is 0 Å². The summed E-state index contributed by atoms with van der Waals surface area (Å²) < 4.78 is 5.88. The third kappa shape index (κ3) is 4.50. The summed E-state index contributed by atoms with van der Waals surface area (Å²) in [5.41, 5.74) is 1.17. The van der Waals surface area contributed by atoms with Crippen LogP contribution in [-0.2, 0) is 9.96 Å². The molecule has 3 radical (unpaired) electrons. The molecule has 2 heteroatoms. The summed E-state index contributed by atoms with van der Waals surface area (Å²) in [6.07, 6.45) is 4.96. The fourth-order valence-electron chi connectivity index (χ4n) is 1.64. The van der Waals surface area contributed by atoms with E-state index < -0.39 is 0 Å². The number of hydrogen-bond acceptors (Lipinski definition) is 1. The first-order valence-electron chi connectivity index (χ1n) is 6.11. The first-order chi connectivity index (χ1) is 7.67. The summed E-state index contributed by atoms with van der Waals surface area (Å²) >= 11 is 0. The lowest BCUT2D eigenvalue weighted by atomic mass is 10.1. The average Bonchev–Trinajstić information content (AvgIpc) is 2.30. The van der Waals surface area contributed by atoms with E-state index in [4.69, 9.17) is 4.74 Å². The first kappa shape index (κ1) is 13.5. The maximum absolute atomic E-state index is 5.88. The summed E-state index contributed by atoms with van der Waals surface area (Å²) in [4.78, 5) is 0. The van der Waals surface area contributed by atoms with E-state index in [1.807, 2.05) is 18.2 Å². The van der Waals surface area contributed by atoms with Crippen LogP contribution in [0.15, 0.2) is 30.3 Å². The molecule has 0 aromatic heterocycles. The Morgan fingerprint density at radius 3 is 2.44 bits per heavy atom. The summed E-state index contributed by atoms with van der Waals surface area (Å²) in [5, 5.41) is -0.354. The molecule has 0 aliphatic heterocycles. The molecule has 0 fully saturated rings. The van der Waals surface area contributed by atoms with Crippen LogP contribution in [0.25, 0.3) is 0 Å². The molecule has 1 aromatic carbocycles. The number of benzene rings is 1. The molecular formula is C14H21OSi. The minimum absolute atomic E-state index is 0.354. The van der Waals surface area contributed by atoms with E-state index >= 15 is 0 Å².